The fourth-order valence-corrected chi connectivity index (χ4v) is 4.77. The summed E-state index contributed by atoms with van der Waals surface area (Å²) in [5.41, 5.74) is 1.08. The van der Waals surface area contributed by atoms with Gasteiger partial charge < -0.3 is 15.1 Å². The van der Waals surface area contributed by atoms with E-state index in [1.54, 1.807) is 0 Å². The average molecular weight is 403 g/mol. The average Bonchev–Trinajstić information content (AvgIpc) is 3.49. The number of piperazine rings is 1. The van der Waals surface area contributed by atoms with Gasteiger partial charge in [0.2, 0.25) is 5.13 Å². The number of aryl methyl sites for hydroxylation is 1. The number of aliphatic imine (C=N–C) groups is 1. The van der Waals surface area contributed by atoms with E-state index in [0.29, 0.717) is 12.6 Å². The predicted octanol–water partition coefficient (Wildman–Crippen LogP) is 2.31. The molecule has 8 nitrogen and oxygen atoms in total. The van der Waals surface area contributed by atoms with Crippen molar-refractivity contribution in [2.45, 2.75) is 51.6 Å². The number of nitrogens with zero attached hydrogens (tertiary/aromatic N) is 7. The van der Waals surface area contributed by atoms with Crippen molar-refractivity contribution in [1.29, 1.82) is 0 Å². The van der Waals surface area contributed by atoms with Crippen molar-refractivity contribution in [3.8, 4) is 0 Å². The van der Waals surface area contributed by atoms with Crippen LogP contribution >= 0.6 is 11.5 Å². The molecule has 28 heavy (non-hydrogen) atoms. The standard InChI is InChI=1S/C19H30N8S/c1-3-17-22-19(28-24-17)26-12-10-25(11-13-26)18(20-2)21-14-15-8-9-27(23-15)16-6-4-5-7-16/h8-9,16H,3-7,10-14H2,1-2H3,(H,20,21). The van der Waals surface area contributed by atoms with E-state index in [1.165, 1.54) is 37.2 Å². The quantitative estimate of drug-likeness (QED) is 0.611. The maximum absolute atomic E-state index is 4.76. The molecular formula is C19H30N8S. The van der Waals surface area contributed by atoms with Crippen LogP contribution in [0.2, 0.25) is 0 Å². The van der Waals surface area contributed by atoms with Crippen molar-refractivity contribution in [3.05, 3.63) is 23.8 Å². The van der Waals surface area contributed by atoms with Crippen LogP contribution in [-0.4, -0.2) is 63.2 Å². The fourth-order valence-electron chi connectivity index (χ4n) is 3.97. The molecule has 0 radical (unpaired) electrons. The van der Waals surface area contributed by atoms with E-state index in [2.05, 4.69) is 53.3 Å². The third-order valence-corrected chi connectivity index (χ3v) is 6.44. The molecule has 1 saturated carbocycles. The van der Waals surface area contributed by atoms with E-state index in [1.807, 2.05) is 7.05 Å². The minimum absolute atomic E-state index is 0.592. The molecule has 2 fully saturated rings. The molecule has 4 rings (SSSR count). The maximum atomic E-state index is 4.76. The third kappa shape index (κ3) is 4.29. The van der Waals surface area contributed by atoms with Gasteiger partial charge in [-0.3, -0.25) is 9.67 Å². The van der Waals surface area contributed by atoms with Crippen molar-refractivity contribution in [2.75, 3.05) is 38.1 Å². The summed E-state index contributed by atoms with van der Waals surface area (Å²) in [6.45, 7) is 6.54. The zero-order valence-electron chi connectivity index (χ0n) is 16.8. The molecule has 0 unspecified atom stereocenters. The van der Waals surface area contributed by atoms with Gasteiger partial charge in [0, 0.05) is 57.4 Å². The first-order valence-electron chi connectivity index (χ1n) is 10.3. The van der Waals surface area contributed by atoms with Crippen LogP contribution in [-0.2, 0) is 13.0 Å². The topological polar surface area (TPSA) is 74.5 Å². The highest BCUT2D eigenvalue weighted by Gasteiger charge is 2.22. The van der Waals surface area contributed by atoms with Gasteiger partial charge in [-0.25, -0.2) is 4.98 Å². The highest BCUT2D eigenvalue weighted by atomic mass is 32.1. The van der Waals surface area contributed by atoms with Crippen molar-refractivity contribution < 1.29 is 0 Å². The lowest BCUT2D eigenvalue weighted by atomic mass is 10.3. The van der Waals surface area contributed by atoms with Crippen molar-refractivity contribution in [2.24, 2.45) is 4.99 Å². The first-order chi connectivity index (χ1) is 13.8. The van der Waals surface area contributed by atoms with Gasteiger partial charge in [0.15, 0.2) is 5.96 Å². The van der Waals surface area contributed by atoms with Gasteiger partial charge in [0.25, 0.3) is 0 Å². The lowest BCUT2D eigenvalue weighted by Crippen LogP contribution is -2.52. The Morgan fingerprint density at radius 2 is 2.04 bits per heavy atom. The van der Waals surface area contributed by atoms with Crippen LogP contribution in [0.4, 0.5) is 5.13 Å². The summed E-state index contributed by atoms with van der Waals surface area (Å²) in [6, 6.07) is 2.71. The molecule has 9 heteroatoms. The van der Waals surface area contributed by atoms with E-state index in [9.17, 15) is 0 Å². The summed E-state index contributed by atoms with van der Waals surface area (Å²) in [7, 11) is 1.85. The molecular weight excluding hydrogens is 372 g/mol. The molecule has 0 amide bonds. The predicted molar refractivity (Wildman–Crippen MR) is 113 cm³/mol. The molecule has 2 aliphatic rings. The second-order valence-corrected chi connectivity index (χ2v) is 8.18. The van der Waals surface area contributed by atoms with E-state index >= 15 is 0 Å². The monoisotopic (exact) mass is 402 g/mol. The van der Waals surface area contributed by atoms with Crippen molar-refractivity contribution in [1.82, 2.24) is 29.4 Å². The van der Waals surface area contributed by atoms with Gasteiger partial charge in [-0.05, 0) is 18.9 Å². The number of hydrogen-bond acceptors (Lipinski definition) is 6. The number of aromatic nitrogens is 4. The van der Waals surface area contributed by atoms with Crippen molar-refractivity contribution >= 4 is 22.6 Å². The highest BCUT2D eigenvalue weighted by molar-refractivity contribution is 7.09. The Bertz CT molecular complexity index is 783. The minimum atomic E-state index is 0.592. The summed E-state index contributed by atoms with van der Waals surface area (Å²) in [4.78, 5) is 13.7. The molecule has 1 aliphatic heterocycles. The van der Waals surface area contributed by atoms with Gasteiger partial charge in [0.05, 0.1) is 18.3 Å². The Morgan fingerprint density at radius 1 is 1.25 bits per heavy atom. The summed E-state index contributed by atoms with van der Waals surface area (Å²) < 4.78 is 6.55. The molecule has 1 N–H and O–H groups in total. The van der Waals surface area contributed by atoms with Crippen LogP contribution in [0.5, 0.6) is 0 Å². The van der Waals surface area contributed by atoms with Gasteiger partial charge in [-0.2, -0.15) is 9.47 Å². The van der Waals surface area contributed by atoms with Crippen LogP contribution in [0, 0.1) is 0 Å². The zero-order chi connectivity index (χ0) is 19.3. The molecule has 0 aromatic carbocycles. The van der Waals surface area contributed by atoms with Crippen molar-refractivity contribution in [3.63, 3.8) is 0 Å². The number of guanidine groups is 1. The largest absolute Gasteiger partial charge is 0.351 e. The molecule has 2 aromatic rings. The van der Waals surface area contributed by atoms with E-state index in [0.717, 1.165) is 55.2 Å². The smallest absolute Gasteiger partial charge is 0.205 e. The summed E-state index contributed by atoms with van der Waals surface area (Å²) >= 11 is 1.51. The first kappa shape index (κ1) is 19.2. The van der Waals surface area contributed by atoms with Gasteiger partial charge in [-0.15, -0.1) is 0 Å². The molecule has 1 aliphatic carbocycles. The zero-order valence-corrected chi connectivity index (χ0v) is 17.7. The lowest BCUT2D eigenvalue weighted by Gasteiger charge is -2.36. The molecule has 152 valence electrons. The molecule has 0 bridgehead atoms. The summed E-state index contributed by atoms with van der Waals surface area (Å²) in [5, 5.41) is 9.29. The SMILES string of the molecule is CCc1nsc(N2CCN(C(=NC)NCc3ccn(C4CCCC4)n3)CC2)n1. The second kappa shape index (κ2) is 8.89. The molecule has 1 saturated heterocycles. The van der Waals surface area contributed by atoms with E-state index in [-0.39, 0.29) is 0 Å². The number of hydrogen-bond donors (Lipinski definition) is 1. The Kier molecular flexibility index (Phi) is 6.09. The molecule has 0 atom stereocenters. The second-order valence-electron chi connectivity index (χ2n) is 7.45. The maximum Gasteiger partial charge on any atom is 0.205 e. The third-order valence-electron chi connectivity index (χ3n) is 5.63. The minimum Gasteiger partial charge on any atom is -0.351 e. The Hall–Kier alpha value is -2.16. The first-order valence-corrected chi connectivity index (χ1v) is 11.1. The van der Waals surface area contributed by atoms with E-state index < -0.39 is 0 Å². The van der Waals surface area contributed by atoms with Crippen LogP contribution in [0.1, 0.15) is 50.2 Å². The van der Waals surface area contributed by atoms with E-state index in [4.69, 9.17) is 5.10 Å². The normalized spacial score (nSPS) is 18.9. The van der Waals surface area contributed by atoms with Gasteiger partial charge in [-0.1, -0.05) is 19.8 Å². The lowest BCUT2D eigenvalue weighted by molar-refractivity contribution is 0.371. The van der Waals surface area contributed by atoms with Crippen LogP contribution in [0.15, 0.2) is 17.3 Å². The number of rotatable bonds is 5. The number of nitrogens with one attached hydrogen (secondary N) is 1. The Balaban J connectivity index is 1.28. The molecule has 3 heterocycles. The number of anilines is 1. The summed E-state index contributed by atoms with van der Waals surface area (Å²) in [6.07, 6.45) is 8.19. The van der Waals surface area contributed by atoms with Crippen LogP contribution in [0.3, 0.4) is 0 Å². The van der Waals surface area contributed by atoms with Crippen LogP contribution < -0.4 is 10.2 Å². The molecule has 0 spiro atoms. The van der Waals surface area contributed by atoms with Gasteiger partial charge in [0.1, 0.15) is 5.82 Å². The summed E-state index contributed by atoms with van der Waals surface area (Å²) in [5.74, 6) is 1.89. The van der Waals surface area contributed by atoms with Crippen LogP contribution in [0.25, 0.3) is 0 Å². The fraction of sp³-hybridized carbons (Fsp3) is 0.684. The Labute approximate surface area is 170 Å². The highest BCUT2D eigenvalue weighted by Crippen LogP contribution is 2.28. The Morgan fingerprint density at radius 3 is 2.71 bits per heavy atom. The van der Waals surface area contributed by atoms with Gasteiger partial charge >= 0.3 is 0 Å². The molecule has 2 aromatic heterocycles.